The Morgan fingerprint density at radius 2 is 1.88 bits per heavy atom. The zero-order valence-corrected chi connectivity index (χ0v) is 14.3. The molecule has 0 amide bonds. The first-order valence-electron chi connectivity index (χ1n) is 8.12. The maximum Gasteiger partial charge on any atom is 0.416 e. The SMILES string of the molecule is CCCCn1nc(C(=O)OCC)c(N=O)c1-c1ccc(C(F)(F)F)cc1. The Kier molecular flexibility index (Phi) is 6.12. The number of esters is 1. The molecule has 0 aliphatic carbocycles. The first kappa shape index (κ1) is 19.6. The molecule has 140 valence electrons. The molecule has 0 bridgehead atoms. The van der Waals surface area contributed by atoms with Gasteiger partial charge in [0.25, 0.3) is 0 Å². The van der Waals surface area contributed by atoms with Crippen LogP contribution in [0.1, 0.15) is 42.7 Å². The second-order valence-electron chi connectivity index (χ2n) is 5.51. The molecule has 0 aliphatic heterocycles. The fourth-order valence-electron chi connectivity index (χ4n) is 2.45. The number of alkyl halides is 3. The molecule has 0 saturated carbocycles. The number of hydrogen-bond donors (Lipinski definition) is 0. The Bertz CT molecular complexity index is 783. The summed E-state index contributed by atoms with van der Waals surface area (Å²) in [5.41, 5.74) is -0.781. The van der Waals surface area contributed by atoms with E-state index in [0.29, 0.717) is 18.5 Å². The third-order valence-corrected chi connectivity index (χ3v) is 3.70. The number of carbonyl (C=O) groups excluding carboxylic acids is 1. The van der Waals surface area contributed by atoms with E-state index in [-0.39, 0.29) is 23.7 Å². The number of unbranched alkanes of at least 4 members (excludes halogenated alkanes) is 1. The van der Waals surface area contributed by atoms with Gasteiger partial charge in [0.15, 0.2) is 11.4 Å². The summed E-state index contributed by atoms with van der Waals surface area (Å²) < 4.78 is 44.6. The topological polar surface area (TPSA) is 73.6 Å². The zero-order chi connectivity index (χ0) is 19.3. The van der Waals surface area contributed by atoms with E-state index in [0.717, 1.165) is 18.6 Å². The van der Waals surface area contributed by atoms with E-state index in [4.69, 9.17) is 4.74 Å². The highest BCUT2D eigenvalue weighted by molar-refractivity contribution is 5.96. The summed E-state index contributed by atoms with van der Waals surface area (Å²) in [5.74, 6) is -0.800. The number of hydrogen-bond acceptors (Lipinski definition) is 5. The lowest BCUT2D eigenvalue weighted by molar-refractivity contribution is -0.137. The van der Waals surface area contributed by atoms with Crippen LogP contribution in [-0.4, -0.2) is 22.4 Å². The highest BCUT2D eigenvalue weighted by Gasteiger charge is 2.31. The number of ether oxygens (including phenoxy) is 1. The van der Waals surface area contributed by atoms with Gasteiger partial charge >= 0.3 is 12.1 Å². The maximum absolute atomic E-state index is 12.8. The van der Waals surface area contributed by atoms with Crippen molar-refractivity contribution >= 4 is 11.7 Å². The van der Waals surface area contributed by atoms with Gasteiger partial charge in [0, 0.05) is 12.1 Å². The minimum atomic E-state index is -4.47. The van der Waals surface area contributed by atoms with Gasteiger partial charge < -0.3 is 4.74 Å². The van der Waals surface area contributed by atoms with Crippen LogP contribution < -0.4 is 0 Å². The van der Waals surface area contributed by atoms with Crippen molar-refractivity contribution in [1.29, 1.82) is 0 Å². The smallest absolute Gasteiger partial charge is 0.416 e. The van der Waals surface area contributed by atoms with Crippen molar-refractivity contribution in [2.75, 3.05) is 6.61 Å². The molecule has 0 unspecified atom stereocenters. The first-order chi connectivity index (χ1) is 12.3. The van der Waals surface area contributed by atoms with Crippen LogP contribution in [0, 0.1) is 4.91 Å². The lowest BCUT2D eigenvalue weighted by Gasteiger charge is -2.10. The number of benzene rings is 1. The molecule has 1 heterocycles. The van der Waals surface area contributed by atoms with Crippen LogP contribution >= 0.6 is 0 Å². The molecule has 0 radical (unpaired) electrons. The van der Waals surface area contributed by atoms with Gasteiger partial charge in [0.05, 0.1) is 17.9 Å². The van der Waals surface area contributed by atoms with Gasteiger partial charge in [-0.25, -0.2) is 4.79 Å². The molecule has 0 atom stereocenters. The first-order valence-corrected chi connectivity index (χ1v) is 8.12. The average molecular weight is 369 g/mol. The number of aryl methyl sites for hydroxylation is 1. The van der Waals surface area contributed by atoms with Crippen molar-refractivity contribution in [3.63, 3.8) is 0 Å². The molecule has 0 saturated heterocycles. The molecule has 2 rings (SSSR count). The molecule has 1 aromatic carbocycles. The van der Waals surface area contributed by atoms with Crippen LogP contribution in [0.4, 0.5) is 18.9 Å². The highest BCUT2D eigenvalue weighted by atomic mass is 19.4. The Balaban J connectivity index is 2.57. The summed E-state index contributed by atoms with van der Waals surface area (Å²) >= 11 is 0. The van der Waals surface area contributed by atoms with Crippen LogP contribution in [-0.2, 0) is 17.5 Å². The summed E-state index contributed by atoms with van der Waals surface area (Å²) in [6.45, 7) is 4.03. The molecular weight excluding hydrogens is 351 g/mol. The van der Waals surface area contributed by atoms with E-state index >= 15 is 0 Å². The number of nitroso groups, excluding NO2 is 1. The normalized spacial score (nSPS) is 11.4. The van der Waals surface area contributed by atoms with E-state index in [1.165, 1.54) is 16.8 Å². The predicted molar refractivity (Wildman–Crippen MR) is 89.0 cm³/mol. The Hall–Kier alpha value is -2.71. The predicted octanol–water partition coefficient (Wildman–Crippen LogP) is 4.94. The largest absolute Gasteiger partial charge is 0.461 e. The van der Waals surface area contributed by atoms with Crippen LogP contribution in [0.25, 0.3) is 11.3 Å². The summed E-state index contributed by atoms with van der Waals surface area (Å²) in [6.07, 6.45) is -2.94. The number of rotatable bonds is 7. The van der Waals surface area contributed by atoms with Crippen molar-refractivity contribution in [2.24, 2.45) is 5.18 Å². The van der Waals surface area contributed by atoms with E-state index in [1.54, 1.807) is 6.92 Å². The molecular formula is C17H18F3N3O3. The van der Waals surface area contributed by atoms with Crippen LogP contribution in [0.15, 0.2) is 29.4 Å². The molecule has 9 heteroatoms. The number of aromatic nitrogens is 2. The quantitative estimate of drug-likeness (QED) is 0.512. The Morgan fingerprint density at radius 3 is 2.38 bits per heavy atom. The standard InChI is InChI=1S/C17H18F3N3O3/c1-3-5-10-23-15(11-6-8-12(9-7-11)17(18,19)20)13(22-25)14(21-23)16(24)26-4-2/h6-9H,3-5,10H2,1-2H3. The summed E-state index contributed by atoms with van der Waals surface area (Å²) in [7, 11) is 0. The number of halogens is 3. The second kappa shape index (κ2) is 8.11. The minimum Gasteiger partial charge on any atom is -0.461 e. The number of carbonyl (C=O) groups is 1. The molecule has 26 heavy (non-hydrogen) atoms. The van der Waals surface area contributed by atoms with Gasteiger partial charge in [-0.15, -0.1) is 4.91 Å². The molecule has 2 aromatic rings. The van der Waals surface area contributed by atoms with E-state index in [9.17, 15) is 22.9 Å². The lowest BCUT2D eigenvalue weighted by atomic mass is 10.1. The number of nitrogens with zero attached hydrogens (tertiary/aromatic N) is 3. The molecule has 0 spiro atoms. The van der Waals surface area contributed by atoms with Crippen molar-refractivity contribution in [1.82, 2.24) is 9.78 Å². The van der Waals surface area contributed by atoms with Crippen LogP contribution in [0.5, 0.6) is 0 Å². The minimum absolute atomic E-state index is 0.0918. The van der Waals surface area contributed by atoms with Crippen molar-refractivity contribution in [3.8, 4) is 11.3 Å². The highest BCUT2D eigenvalue weighted by Crippen LogP contribution is 2.36. The third kappa shape index (κ3) is 4.09. The molecule has 0 aliphatic rings. The van der Waals surface area contributed by atoms with Gasteiger partial charge in [-0.2, -0.15) is 18.3 Å². The zero-order valence-electron chi connectivity index (χ0n) is 14.3. The second-order valence-corrected chi connectivity index (χ2v) is 5.51. The summed E-state index contributed by atoms with van der Waals surface area (Å²) in [5, 5.41) is 7.00. The van der Waals surface area contributed by atoms with Gasteiger partial charge in [0.1, 0.15) is 0 Å². The van der Waals surface area contributed by atoms with Gasteiger partial charge in [-0.1, -0.05) is 25.5 Å². The van der Waals surface area contributed by atoms with Gasteiger partial charge in [-0.3, -0.25) is 4.68 Å². The fourth-order valence-corrected chi connectivity index (χ4v) is 2.45. The summed E-state index contributed by atoms with van der Waals surface area (Å²) in [4.78, 5) is 23.4. The van der Waals surface area contributed by atoms with E-state index < -0.39 is 17.7 Å². The van der Waals surface area contributed by atoms with Crippen LogP contribution in [0.2, 0.25) is 0 Å². The average Bonchev–Trinajstić information content (AvgIpc) is 2.98. The third-order valence-electron chi connectivity index (χ3n) is 3.70. The van der Waals surface area contributed by atoms with E-state index in [2.05, 4.69) is 10.3 Å². The van der Waals surface area contributed by atoms with Crippen molar-refractivity contribution < 1.29 is 22.7 Å². The molecule has 0 fully saturated rings. The fraction of sp³-hybridized carbons (Fsp3) is 0.412. The molecule has 0 N–H and O–H groups in total. The monoisotopic (exact) mass is 369 g/mol. The molecule has 6 nitrogen and oxygen atoms in total. The maximum atomic E-state index is 12.8. The molecule has 1 aromatic heterocycles. The van der Waals surface area contributed by atoms with Crippen LogP contribution in [0.3, 0.4) is 0 Å². The Morgan fingerprint density at radius 1 is 1.23 bits per heavy atom. The Labute approximate surface area is 147 Å². The lowest BCUT2D eigenvalue weighted by Crippen LogP contribution is -2.08. The van der Waals surface area contributed by atoms with Crippen molar-refractivity contribution in [2.45, 2.75) is 39.4 Å². The van der Waals surface area contributed by atoms with Gasteiger partial charge in [-0.05, 0) is 30.7 Å². The summed E-state index contributed by atoms with van der Waals surface area (Å²) in [6, 6.07) is 4.27. The van der Waals surface area contributed by atoms with Crippen molar-refractivity contribution in [3.05, 3.63) is 40.4 Å². The van der Waals surface area contributed by atoms with E-state index in [1.807, 2.05) is 6.92 Å². The van der Waals surface area contributed by atoms with Gasteiger partial charge in [0.2, 0.25) is 0 Å².